The second-order valence-electron chi connectivity index (χ2n) is 33.9. The molecule has 0 spiro atoms. The zero-order valence-electron chi connectivity index (χ0n) is 71.2. The lowest BCUT2D eigenvalue weighted by Crippen LogP contribution is -2.28. The largest absolute Gasteiger partial charge is 0.333 e. The van der Waals surface area contributed by atoms with Crippen molar-refractivity contribution in [2.45, 2.75) is 12.0 Å². The molecule has 0 radical (unpaired) electrons. The van der Waals surface area contributed by atoms with Gasteiger partial charge in [-0.05, 0) is 178 Å². The van der Waals surface area contributed by atoms with E-state index in [4.69, 9.17) is 29.9 Å². The van der Waals surface area contributed by atoms with Gasteiger partial charge in [-0.15, -0.1) is 22.7 Å². The van der Waals surface area contributed by atoms with E-state index in [-0.39, 0.29) is 12.0 Å². The number of anilines is 2. The smallest absolute Gasteiger partial charge is 0.164 e. The molecule has 0 fully saturated rings. The van der Waals surface area contributed by atoms with Gasteiger partial charge < -0.3 is 18.6 Å². The summed E-state index contributed by atoms with van der Waals surface area (Å²) in [6.07, 6.45) is 9.15. The van der Waals surface area contributed by atoms with Crippen LogP contribution in [0, 0.1) is 0 Å². The van der Waals surface area contributed by atoms with Crippen molar-refractivity contribution in [3.8, 4) is 119 Å². The van der Waals surface area contributed by atoms with Crippen LogP contribution in [-0.2, 0) is 0 Å². The molecular weight excluding hydrogens is 1650 g/mol. The van der Waals surface area contributed by atoms with Gasteiger partial charge in [-0.1, -0.05) is 309 Å². The molecule has 12 heteroatoms. The summed E-state index contributed by atoms with van der Waals surface area (Å²) in [4.78, 5) is 32.9. The Hall–Kier alpha value is -16.9. The number of thiophene rings is 2. The molecule has 0 bridgehead atoms. The molecule has 27 rings (SSSR count). The first-order chi connectivity index (χ1) is 65.4. The zero-order valence-corrected chi connectivity index (χ0v) is 72.8. The normalized spacial score (nSPS) is 13.5. The highest BCUT2D eigenvalue weighted by molar-refractivity contribution is 7.26. The molecule has 0 saturated heterocycles. The van der Waals surface area contributed by atoms with Crippen LogP contribution < -0.4 is 4.90 Å². The minimum Gasteiger partial charge on any atom is -0.333 e. The maximum Gasteiger partial charge on any atom is 0.164 e. The fourth-order valence-electron chi connectivity index (χ4n) is 20.2. The van der Waals surface area contributed by atoms with Crippen molar-refractivity contribution < 1.29 is 0 Å². The van der Waals surface area contributed by atoms with E-state index >= 15 is 0 Å². The lowest BCUT2D eigenvalue weighted by Gasteiger charge is -2.28. The van der Waals surface area contributed by atoms with Gasteiger partial charge in [0.15, 0.2) is 34.9 Å². The Bertz CT molecular complexity index is 8800. The first-order valence-electron chi connectivity index (χ1n) is 44.7. The van der Waals surface area contributed by atoms with Gasteiger partial charge in [-0.2, -0.15) is 0 Å². The molecule has 0 amide bonds. The monoisotopic (exact) mass is 1720 g/mol. The van der Waals surface area contributed by atoms with E-state index in [0.29, 0.717) is 34.9 Å². The van der Waals surface area contributed by atoms with Crippen molar-refractivity contribution >= 4 is 140 Å². The summed E-state index contributed by atoms with van der Waals surface area (Å²) >= 11 is 3.65. The van der Waals surface area contributed by atoms with Crippen LogP contribution in [0.1, 0.15) is 11.5 Å². The van der Waals surface area contributed by atoms with Crippen LogP contribution in [0.25, 0.3) is 225 Å². The fourth-order valence-corrected chi connectivity index (χ4v) is 22.6. The van der Waals surface area contributed by atoms with E-state index in [1.165, 1.54) is 140 Å². The molecule has 2 unspecified atom stereocenters. The van der Waals surface area contributed by atoms with E-state index in [1.54, 1.807) is 11.3 Å². The third-order valence-corrected chi connectivity index (χ3v) is 28.7. The minimum atomic E-state index is 0.180. The number of fused-ring (bicyclic) bond motifs is 18. The van der Waals surface area contributed by atoms with Crippen LogP contribution in [-0.4, -0.2) is 49.6 Å². The highest BCUT2D eigenvalue weighted by atomic mass is 32.1. The third kappa shape index (κ3) is 13.0. The van der Waals surface area contributed by atoms with Gasteiger partial charge in [0, 0.05) is 140 Å². The Morgan fingerprint density at radius 3 is 1.23 bits per heavy atom. The summed E-state index contributed by atoms with van der Waals surface area (Å²) in [5, 5.41) is 12.1. The van der Waals surface area contributed by atoms with Crippen LogP contribution in [0.5, 0.6) is 0 Å². The molecule has 0 saturated carbocycles. The number of hydrogen-bond donors (Lipinski definition) is 0. The van der Waals surface area contributed by atoms with Gasteiger partial charge in [0.2, 0.25) is 0 Å². The number of allylic oxidation sites excluding steroid dienone is 2. The molecule has 7 aromatic heterocycles. The second kappa shape index (κ2) is 31.5. The summed E-state index contributed by atoms with van der Waals surface area (Å²) in [6.45, 7) is 0. The van der Waals surface area contributed by atoms with Crippen molar-refractivity contribution in [3.63, 3.8) is 0 Å². The quantitative estimate of drug-likeness (QED) is 0.113. The van der Waals surface area contributed by atoms with Crippen LogP contribution in [0.3, 0.4) is 0 Å². The van der Waals surface area contributed by atoms with Crippen molar-refractivity contribution in [2.24, 2.45) is 0 Å². The standard InChI is InChI=1S/C63H41N5S.C57H35N5S/c1-5-16-40(17-6-1)43-28-32-56-51(36-43)49-24-13-14-27-55(49)68(56)47-31-34-58-53(39-47)52-37-44(29-33-57(52)67(58)46-22-11-4-12-23-46)48-25-15-26-50-54-38-45(30-35-59(54)69-60(48)50)63-65-61(41-18-7-2-8-19-41)64-62(66-63)42-20-9-3-10-21-42;1-4-15-36(16-5-1)55-58-56(37-17-6-2-7-18-37)60-57(59-55)45-23-14-26-53-54(45)47-34-39(28-32-52(47)63-53)38-27-31-50-46(33-38)44-30-29-41(35-51(44)61(50)40-19-8-3-9-20-40)62-48-24-12-10-21-42(48)43-22-11-13-25-49(43)62/h1-39,49,55H;1-35H. The molecule has 18 aromatic carbocycles. The molecular formula is C120H76N10S2. The number of para-hydroxylation sites is 4. The van der Waals surface area contributed by atoms with Gasteiger partial charge in [-0.3, -0.25) is 0 Å². The summed E-state index contributed by atoms with van der Waals surface area (Å²) in [5.74, 6) is 4.19. The first kappa shape index (κ1) is 76.3. The Labute approximate surface area is 767 Å². The van der Waals surface area contributed by atoms with Crippen LogP contribution in [0.15, 0.2) is 449 Å². The van der Waals surface area contributed by atoms with E-state index in [0.717, 1.165) is 67.0 Å². The molecule has 8 heterocycles. The van der Waals surface area contributed by atoms with E-state index < -0.39 is 0 Å². The number of benzene rings is 18. The molecule has 618 valence electrons. The van der Waals surface area contributed by atoms with Gasteiger partial charge in [0.1, 0.15) is 0 Å². The highest BCUT2D eigenvalue weighted by Crippen LogP contribution is 2.52. The maximum absolute atomic E-state index is 5.14. The lowest BCUT2D eigenvalue weighted by atomic mass is 9.90. The Morgan fingerprint density at radius 1 is 0.212 bits per heavy atom. The molecule has 132 heavy (non-hydrogen) atoms. The topological polar surface area (TPSA) is 95.4 Å². The number of rotatable bonds is 13. The first-order valence-corrected chi connectivity index (χ1v) is 46.3. The molecule has 1 aliphatic heterocycles. The number of hydrogen-bond acceptors (Lipinski definition) is 9. The van der Waals surface area contributed by atoms with E-state index in [1.807, 2.05) is 84.1 Å². The molecule has 2 aliphatic rings. The summed E-state index contributed by atoms with van der Waals surface area (Å²) < 4.78 is 12.1. The fraction of sp³-hybridized carbons (Fsp3) is 0.0167. The van der Waals surface area contributed by atoms with Crippen LogP contribution in [0.4, 0.5) is 11.4 Å². The number of nitrogens with zero attached hydrogens (tertiary/aromatic N) is 10. The summed E-state index contributed by atoms with van der Waals surface area (Å²) in [5.41, 5.74) is 27.3. The Balaban J connectivity index is 0.000000139. The minimum absolute atomic E-state index is 0.180. The van der Waals surface area contributed by atoms with Gasteiger partial charge in [-0.25, -0.2) is 29.9 Å². The average Bonchev–Trinajstić information content (AvgIpc) is 1.57. The number of aromatic nitrogens is 9. The van der Waals surface area contributed by atoms with Gasteiger partial charge in [0.05, 0.1) is 39.1 Å². The average molecular weight is 1720 g/mol. The molecule has 10 nitrogen and oxygen atoms in total. The van der Waals surface area contributed by atoms with Crippen molar-refractivity contribution in [1.29, 1.82) is 0 Å². The second-order valence-corrected chi connectivity index (χ2v) is 36.1. The highest BCUT2D eigenvalue weighted by Gasteiger charge is 2.38. The van der Waals surface area contributed by atoms with Crippen molar-refractivity contribution in [1.82, 2.24) is 43.6 Å². The summed E-state index contributed by atoms with van der Waals surface area (Å²) in [7, 11) is 0. The molecule has 25 aromatic rings. The summed E-state index contributed by atoms with van der Waals surface area (Å²) in [6, 6.07) is 152. The molecule has 2 atom stereocenters. The molecule has 1 aliphatic carbocycles. The maximum atomic E-state index is 5.14. The Kier molecular flexibility index (Phi) is 18.2. The third-order valence-electron chi connectivity index (χ3n) is 26.3. The van der Waals surface area contributed by atoms with Crippen molar-refractivity contribution in [3.05, 3.63) is 455 Å². The van der Waals surface area contributed by atoms with Gasteiger partial charge in [0.25, 0.3) is 0 Å². The van der Waals surface area contributed by atoms with Crippen LogP contribution >= 0.6 is 22.7 Å². The van der Waals surface area contributed by atoms with E-state index in [9.17, 15) is 0 Å². The lowest BCUT2D eigenvalue weighted by molar-refractivity contribution is 0.745. The van der Waals surface area contributed by atoms with Gasteiger partial charge >= 0.3 is 0 Å². The predicted molar refractivity (Wildman–Crippen MR) is 551 cm³/mol. The predicted octanol–water partition coefficient (Wildman–Crippen LogP) is 31.5. The SMILES string of the molecule is C1=CC2c3cc(-c4ccccc4)ccc3N(c3ccc4c(c3)c3cc(-c5cccc6c5sc5ccc(-c7nc(-c8ccccc8)nc(-c8ccccc8)n7)cc56)ccc3n4-c3ccccc3)C2C=C1.c1ccc(-c2nc(-c3ccccc3)nc(-c3cccc4sc5ccc(-c6ccc7c(c6)c6ccc(-n8c9ccccc9c9ccccc98)cc6n7-c6ccccc6)cc5c34)n2)cc1. The zero-order chi connectivity index (χ0) is 86.9. The van der Waals surface area contributed by atoms with Crippen molar-refractivity contribution in [2.75, 3.05) is 4.90 Å². The molecule has 0 N–H and O–H groups in total. The van der Waals surface area contributed by atoms with E-state index in [2.05, 4.69) is 395 Å². The van der Waals surface area contributed by atoms with Crippen LogP contribution in [0.2, 0.25) is 0 Å². The Morgan fingerprint density at radius 2 is 0.621 bits per heavy atom.